The molecule has 27 heavy (non-hydrogen) atoms. The average molecular weight is 373 g/mol. The number of hydrogen-bond acceptors (Lipinski definition) is 6. The number of benzene rings is 1. The van der Waals surface area contributed by atoms with Gasteiger partial charge in [0.1, 0.15) is 17.9 Å². The van der Waals surface area contributed by atoms with Crippen LogP contribution in [-0.2, 0) is 16.0 Å². The summed E-state index contributed by atoms with van der Waals surface area (Å²) in [5.41, 5.74) is 1.63. The second-order valence-corrected chi connectivity index (χ2v) is 7.18. The predicted octanol–water partition coefficient (Wildman–Crippen LogP) is 2.41. The second kappa shape index (κ2) is 8.84. The molecule has 0 aliphatic carbocycles. The van der Waals surface area contributed by atoms with Crippen LogP contribution in [0.2, 0.25) is 0 Å². The fourth-order valence-electron chi connectivity index (χ4n) is 3.10. The van der Waals surface area contributed by atoms with Crippen molar-refractivity contribution in [1.82, 2.24) is 0 Å². The highest BCUT2D eigenvalue weighted by atomic mass is 16.5. The number of carbonyl (C=O) groups is 2. The minimum absolute atomic E-state index is 0.138. The summed E-state index contributed by atoms with van der Waals surface area (Å²) in [4.78, 5) is 35.2. The van der Waals surface area contributed by atoms with Gasteiger partial charge in [-0.1, -0.05) is 27.2 Å². The number of aryl methyl sites for hydroxylation is 2. The van der Waals surface area contributed by atoms with Crippen LogP contribution >= 0.6 is 0 Å². The zero-order chi connectivity index (χ0) is 20.1. The van der Waals surface area contributed by atoms with Gasteiger partial charge in [-0.3, -0.25) is 4.79 Å². The monoisotopic (exact) mass is 373 g/mol. The molecule has 0 radical (unpaired) electrons. The predicted molar refractivity (Wildman–Crippen MR) is 99.7 cm³/mol. The minimum atomic E-state index is -1.23. The molecule has 0 amide bonds. The molecule has 1 aromatic carbocycles. The first-order chi connectivity index (χ1) is 12.7. The molecule has 1 aromatic heterocycles. The lowest BCUT2D eigenvalue weighted by Crippen LogP contribution is -2.36. The number of Topliss-reactive ketones (excluding diaryl/α,β-unsaturated/α-hetero) is 1. The summed E-state index contributed by atoms with van der Waals surface area (Å²) in [5, 5.41) is 11.8. The van der Waals surface area contributed by atoms with Crippen molar-refractivity contribution in [1.29, 1.82) is 0 Å². The quantitative estimate of drug-likeness (QED) is 0.626. The van der Waals surface area contributed by atoms with Crippen LogP contribution in [0.1, 0.15) is 44.7 Å². The zero-order valence-electron chi connectivity index (χ0n) is 16.2. The second-order valence-electron chi connectivity index (χ2n) is 7.18. The molecular formula is C21H25O6-. The van der Waals surface area contributed by atoms with Gasteiger partial charge in [-0.2, -0.15) is 0 Å². The summed E-state index contributed by atoms with van der Waals surface area (Å²) in [6, 6.07) is 4.99. The van der Waals surface area contributed by atoms with E-state index in [0.29, 0.717) is 23.1 Å². The number of carboxylic acids is 1. The van der Waals surface area contributed by atoms with Gasteiger partial charge in [0.25, 0.3) is 0 Å². The molecule has 2 rings (SSSR count). The summed E-state index contributed by atoms with van der Waals surface area (Å²) in [6.07, 6.45) is 1.38. The molecule has 1 atom stereocenters. The maximum Gasteiger partial charge on any atom is 0.336 e. The molecule has 0 N–H and O–H groups in total. The summed E-state index contributed by atoms with van der Waals surface area (Å²) in [7, 11) is 0. The third-order valence-corrected chi connectivity index (χ3v) is 4.50. The van der Waals surface area contributed by atoms with E-state index in [4.69, 9.17) is 9.15 Å². The lowest BCUT2D eigenvalue weighted by Gasteiger charge is -2.21. The third-order valence-electron chi connectivity index (χ3n) is 4.50. The van der Waals surface area contributed by atoms with Crippen LogP contribution in [0.15, 0.2) is 27.4 Å². The number of aliphatic carboxylic acids is 1. The Morgan fingerprint density at radius 1 is 1.22 bits per heavy atom. The topological polar surface area (TPSA) is 96.6 Å². The van der Waals surface area contributed by atoms with E-state index in [9.17, 15) is 19.5 Å². The SMILES string of the molecule is CCCc1cc(=O)oc2cc(C)cc(OCC(=O)C[C@H](C(=O)[O-])C(C)C)c12. The number of carboxylic acid groups (broad SMARTS) is 1. The molecule has 0 saturated carbocycles. The third kappa shape index (κ3) is 5.18. The molecule has 0 fully saturated rings. The van der Waals surface area contributed by atoms with E-state index in [1.54, 1.807) is 26.0 Å². The summed E-state index contributed by atoms with van der Waals surface area (Å²) in [6.45, 7) is 7.07. The summed E-state index contributed by atoms with van der Waals surface area (Å²) < 4.78 is 11.0. The molecule has 0 aliphatic heterocycles. The molecular weight excluding hydrogens is 348 g/mol. The molecule has 0 bridgehead atoms. The highest BCUT2D eigenvalue weighted by Crippen LogP contribution is 2.30. The van der Waals surface area contributed by atoms with Crippen LogP contribution in [0.25, 0.3) is 11.0 Å². The van der Waals surface area contributed by atoms with Crippen LogP contribution in [0.4, 0.5) is 0 Å². The van der Waals surface area contributed by atoms with Gasteiger partial charge in [0.15, 0.2) is 5.78 Å². The molecule has 146 valence electrons. The fourth-order valence-corrected chi connectivity index (χ4v) is 3.10. The van der Waals surface area contributed by atoms with E-state index in [1.165, 1.54) is 6.07 Å². The number of fused-ring (bicyclic) bond motifs is 1. The first kappa shape index (κ1) is 20.7. The van der Waals surface area contributed by atoms with E-state index in [2.05, 4.69) is 0 Å². The first-order valence-electron chi connectivity index (χ1n) is 9.15. The molecule has 0 saturated heterocycles. The standard InChI is InChI=1S/C21H26O6/c1-5-6-14-9-19(23)27-18-8-13(4)7-17(20(14)18)26-11-15(22)10-16(12(2)3)21(24)25/h7-9,12,16H,5-6,10-11H2,1-4H3,(H,24,25)/p-1/t16-/m0/s1. The van der Waals surface area contributed by atoms with Gasteiger partial charge in [-0.05, 0) is 42.5 Å². The van der Waals surface area contributed by atoms with Crippen LogP contribution in [-0.4, -0.2) is 18.4 Å². The lowest BCUT2D eigenvalue weighted by molar-refractivity contribution is -0.313. The van der Waals surface area contributed by atoms with E-state index in [-0.39, 0.29) is 24.7 Å². The maximum absolute atomic E-state index is 12.2. The molecule has 0 aliphatic rings. The van der Waals surface area contributed by atoms with Crippen LogP contribution in [0.3, 0.4) is 0 Å². The minimum Gasteiger partial charge on any atom is -0.550 e. The number of carbonyl (C=O) groups excluding carboxylic acids is 2. The lowest BCUT2D eigenvalue weighted by atomic mass is 9.91. The Hall–Kier alpha value is -2.63. The van der Waals surface area contributed by atoms with E-state index in [0.717, 1.165) is 17.5 Å². The Morgan fingerprint density at radius 3 is 2.52 bits per heavy atom. The van der Waals surface area contributed by atoms with Gasteiger partial charge in [0.05, 0.1) is 5.39 Å². The van der Waals surface area contributed by atoms with Gasteiger partial charge in [-0.15, -0.1) is 0 Å². The Morgan fingerprint density at radius 2 is 1.93 bits per heavy atom. The molecule has 0 spiro atoms. The van der Waals surface area contributed by atoms with Crippen LogP contribution < -0.4 is 15.5 Å². The van der Waals surface area contributed by atoms with Crippen molar-refractivity contribution in [2.45, 2.75) is 47.0 Å². The fraction of sp³-hybridized carbons (Fsp3) is 0.476. The van der Waals surface area contributed by atoms with Gasteiger partial charge >= 0.3 is 5.63 Å². The number of ketones is 1. The van der Waals surface area contributed by atoms with E-state index < -0.39 is 17.5 Å². The molecule has 1 heterocycles. The van der Waals surface area contributed by atoms with Crippen LogP contribution in [0, 0.1) is 18.8 Å². The average Bonchev–Trinajstić information content (AvgIpc) is 2.56. The Bertz CT molecular complexity index is 893. The van der Waals surface area contributed by atoms with Crippen molar-refractivity contribution in [2.75, 3.05) is 6.61 Å². The summed E-state index contributed by atoms with van der Waals surface area (Å²) in [5.74, 6) is -2.14. The van der Waals surface area contributed by atoms with Gasteiger partial charge < -0.3 is 19.1 Å². The molecule has 2 aromatic rings. The van der Waals surface area contributed by atoms with Gasteiger partial charge in [-0.25, -0.2) is 4.79 Å². The van der Waals surface area contributed by atoms with Gasteiger partial charge in [0.2, 0.25) is 0 Å². The maximum atomic E-state index is 12.2. The summed E-state index contributed by atoms with van der Waals surface area (Å²) >= 11 is 0. The first-order valence-corrected chi connectivity index (χ1v) is 9.15. The number of rotatable bonds is 9. The Labute approximate surface area is 158 Å². The van der Waals surface area contributed by atoms with Crippen molar-refractivity contribution in [2.24, 2.45) is 11.8 Å². The number of ether oxygens (including phenoxy) is 1. The van der Waals surface area contributed by atoms with Crippen molar-refractivity contribution >= 4 is 22.7 Å². The molecule has 0 unspecified atom stereocenters. The van der Waals surface area contributed by atoms with E-state index in [1.807, 2.05) is 13.8 Å². The largest absolute Gasteiger partial charge is 0.550 e. The van der Waals surface area contributed by atoms with E-state index >= 15 is 0 Å². The smallest absolute Gasteiger partial charge is 0.336 e. The highest BCUT2D eigenvalue weighted by Gasteiger charge is 2.20. The molecule has 6 heteroatoms. The number of hydrogen-bond donors (Lipinski definition) is 0. The Kier molecular flexibility index (Phi) is 6.77. The highest BCUT2D eigenvalue weighted by molar-refractivity contribution is 5.89. The Balaban J connectivity index is 2.29. The van der Waals surface area contributed by atoms with Crippen molar-refractivity contribution in [3.63, 3.8) is 0 Å². The zero-order valence-corrected chi connectivity index (χ0v) is 16.2. The van der Waals surface area contributed by atoms with Crippen molar-refractivity contribution in [3.8, 4) is 5.75 Å². The van der Waals surface area contributed by atoms with Gasteiger partial charge in [0, 0.05) is 24.4 Å². The van der Waals surface area contributed by atoms with Crippen molar-refractivity contribution < 1.29 is 23.8 Å². The van der Waals surface area contributed by atoms with Crippen LogP contribution in [0.5, 0.6) is 5.75 Å². The molecule has 6 nitrogen and oxygen atoms in total. The normalized spacial score (nSPS) is 12.3. The van der Waals surface area contributed by atoms with Crippen molar-refractivity contribution in [3.05, 3.63) is 39.7 Å².